The van der Waals surface area contributed by atoms with E-state index in [0.29, 0.717) is 5.56 Å². The summed E-state index contributed by atoms with van der Waals surface area (Å²) >= 11 is 0. The van der Waals surface area contributed by atoms with Gasteiger partial charge in [0.25, 0.3) is 0 Å². The smallest absolute Gasteiger partial charge is 0.215 e. The van der Waals surface area contributed by atoms with Gasteiger partial charge in [-0.1, -0.05) is 12.1 Å². The molecule has 0 bridgehead atoms. The summed E-state index contributed by atoms with van der Waals surface area (Å²) in [7, 11) is -3.48. The van der Waals surface area contributed by atoms with Crippen molar-refractivity contribution in [1.29, 1.82) is 0 Å². The molecule has 0 aliphatic heterocycles. The molecule has 0 saturated carbocycles. The number of sulfonamides is 1. The van der Waals surface area contributed by atoms with Crippen molar-refractivity contribution < 1.29 is 12.8 Å². The summed E-state index contributed by atoms with van der Waals surface area (Å²) < 4.78 is 38.6. The Balaban J connectivity index is 0.00000289. The molecule has 0 fully saturated rings. The van der Waals surface area contributed by atoms with Gasteiger partial charge in [0.1, 0.15) is 5.82 Å². The van der Waals surface area contributed by atoms with E-state index in [0.717, 1.165) is 0 Å². The molecule has 0 saturated heterocycles. The number of nitrogens with two attached hydrogens (primary N) is 1. The molecule has 0 spiro atoms. The summed E-state index contributed by atoms with van der Waals surface area (Å²) in [6.07, 6.45) is 0. The molecule has 1 rings (SSSR count). The maximum Gasteiger partial charge on any atom is 0.215 e. The minimum Gasteiger partial charge on any atom is -0.324 e. The fourth-order valence-corrected chi connectivity index (χ4v) is 2.51. The van der Waals surface area contributed by atoms with Gasteiger partial charge in [0.2, 0.25) is 10.0 Å². The number of benzene rings is 1. The van der Waals surface area contributed by atoms with Gasteiger partial charge in [0.15, 0.2) is 0 Å². The highest BCUT2D eigenvalue weighted by Gasteiger charge is 2.17. The molecule has 0 heterocycles. The van der Waals surface area contributed by atoms with Crippen LogP contribution in [0.4, 0.5) is 4.39 Å². The van der Waals surface area contributed by atoms with Crippen LogP contribution in [-0.4, -0.2) is 20.5 Å². The average Bonchev–Trinajstić information content (AvgIpc) is 2.13. The summed E-state index contributed by atoms with van der Waals surface area (Å²) in [5.41, 5.74) is 5.47. The third-order valence-electron chi connectivity index (χ3n) is 1.99. The lowest BCUT2D eigenvalue weighted by atomic mass is 10.1. The number of halogens is 2. The summed E-state index contributed by atoms with van der Waals surface area (Å²) in [5, 5.41) is 0. The highest BCUT2D eigenvalue weighted by atomic mass is 35.5. The molecule has 1 aromatic rings. The van der Waals surface area contributed by atoms with E-state index in [1.165, 1.54) is 18.2 Å². The van der Waals surface area contributed by atoms with Crippen LogP contribution in [0.15, 0.2) is 24.3 Å². The summed E-state index contributed by atoms with van der Waals surface area (Å²) in [6, 6.07) is 5.52. The van der Waals surface area contributed by atoms with Gasteiger partial charge in [-0.2, -0.15) is 0 Å². The third kappa shape index (κ3) is 6.90. The maximum absolute atomic E-state index is 12.9. The van der Waals surface area contributed by atoms with Crippen molar-refractivity contribution in [3.05, 3.63) is 35.6 Å². The topological polar surface area (TPSA) is 72.2 Å². The molecular formula is C11H18ClFN2O2S. The van der Waals surface area contributed by atoms with Crippen LogP contribution in [0.25, 0.3) is 0 Å². The van der Waals surface area contributed by atoms with Gasteiger partial charge in [-0.3, -0.25) is 0 Å². The summed E-state index contributed by atoms with van der Waals surface area (Å²) in [5.74, 6) is -0.697. The average molecular weight is 297 g/mol. The van der Waals surface area contributed by atoms with E-state index < -0.39 is 21.4 Å². The Hall–Kier alpha value is -0.690. The Labute approximate surface area is 113 Å². The molecule has 4 nitrogen and oxygen atoms in total. The number of rotatable bonds is 5. The Morgan fingerprint density at radius 2 is 2.00 bits per heavy atom. The van der Waals surface area contributed by atoms with Crippen molar-refractivity contribution in [1.82, 2.24) is 4.72 Å². The first kappa shape index (κ1) is 17.3. The first-order valence-corrected chi connectivity index (χ1v) is 6.84. The predicted molar refractivity (Wildman–Crippen MR) is 72.5 cm³/mol. The van der Waals surface area contributed by atoms with Crippen LogP contribution < -0.4 is 10.5 Å². The zero-order valence-corrected chi connectivity index (χ0v) is 11.9. The minimum absolute atomic E-state index is 0. The van der Waals surface area contributed by atoms with Crippen LogP contribution in [0.2, 0.25) is 0 Å². The molecule has 0 radical (unpaired) electrons. The van der Waals surface area contributed by atoms with Crippen LogP contribution in [-0.2, 0) is 15.8 Å². The van der Waals surface area contributed by atoms with Gasteiger partial charge in [-0.05, 0) is 31.5 Å². The maximum atomic E-state index is 12.9. The van der Waals surface area contributed by atoms with Crippen LogP contribution in [0.1, 0.15) is 19.4 Å². The lowest BCUT2D eigenvalue weighted by Crippen LogP contribution is -2.45. The molecule has 18 heavy (non-hydrogen) atoms. The molecule has 104 valence electrons. The second-order valence-corrected chi connectivity index (χ2v) is 6.51. The number of hydrogen-bond donors (Lipinski definition) is 2. The van der Waals surface area contributed by atoms with E-state index in [4.69, 9.17) is 5.73 Å². The third-order valence-corrected chi connectivity index (χ3v) is 3.29. The van der Waals surface area contributed by atoms with Crippen LogP contribution in [0.5, 0.6) is 0 Å². The molecule has 1 aromatic carbocycles. The van der Waals surface area contributed by atoms with Crippen LogP contribution >= 0.6 is 12.4 Å². The van der Waals surface area contributed by atoms with Gasteiger partial charge < -0.3 is 5.73 Å². The Kier molecular flexibility index (Phi) is 6.22. The molecule has 3 N–H and O–H groups in total. The second-order valence-electron chi connectivity index (χ2n) is 4.70. The molecule has 7 heteroatoms. The fourth-order valence-electron chi connectivity index (χ4n) is 1.19. The van der Waals surface area contributed by atoms with Gasteiger partial charge >= 0.3 is 0 Å². The monoisotopic (exact) mass is 296 g/mol. The Morgan fingerprint density at radius 1 is 1.39 bits per heavy atom. The van der Waals surface area contributed by atoms with Gasteiger partial charge in [0.05, 0.1) is 5.75 Å². The summed E-state index contributed by atoms with van der Waals surface area (Å²) in [6.45, 7) is 3.58. The highest BCUT2D eigenvalue weighted by molar-refractivity contribution is 7.88. The van der Waals surface area contributed by atoms with Crippen molar-refractivity contribution in [2.75, 3.05) is 6.54 Å². The van der Waals surface area contributed by atoms with E-state index in [-0.39, 0.29) is 24.7 Å². The molecule has 0 aliphatic carbocycles. The Morgan fingerprint density at radius 3 is 2.50 bits per heavy atom. The van der Waals surface area contributed by atoms with Crippen molar-refractivity contribution >= 4 is 22.4 Å². The lowest BCUT2D eigenvalue weighted by molar-refractivity contribution is 0.497. The van der Waals surface area contributed by atoms with Crippen molar-refractivity contribution in [3.63, 3.8) is 0 Å². The normalized spacial score (nSPS) is 12.0. The predicted octanol–water partition coefficient (Wildman–Crippen LogP) is 1.40. The van der Waals surface area contributed by atoms with E-state index in [9.17, 15) is 12.8 Å². The van der Waals surface area contributed by atoms with E-state index in [1.807, 2.05) is 0 Å². The highest BCUT2D eigenvalue weighted by Crippen LogP contribution is 2.07. The van der Waals surface area contributed by atoms with E-state index in [2.05, 4.69) is 4.72 Å². The first-order valence-electron chi connectivity index (χ1n) is 5.19. The molecular weight excluding hydrogens is 279 g/mol. The fraction of sp³-hybridized carbons (Fsp3) is 0.455. The van der Waals surface area contributed by atoms with Gasteiger partial charge in [-0.15, -0.1) is 12.4 Å². The first-order chi connectivity index (χ1) is 7.68. The minimum atomic E-state index is -3.48. The number of nitrogens with one attached hydrogen (secondary N) is 1. The van der Waals surface area contributed by atoms with Crippen LogP contribution in [0.3, 0.4) is 0 Å². The zero-order valence-electron chi connectivity index (χ0n) is 10.3. The lowest BCUT2D eigenvalue weighted by Gasteiger charge is -2.18. The molecule has 0 unspecified atom stereocenters. The standard InChI is InChI=1S/C11H17FN2O2S.ClH/c1-11(2,13)8-14-17(15,16)7-9-4-3-5-10(12)6-9;/h3-6,14H,7-8,13H2,1-2H3;1H. The molecule has 0 atom stereocenters. The van der Waals surface area contributed by atoms with E-state index in [1.54, 1.807) is 19.9 Å². The Bertz CT molecular complexity index is 486. The SMILES string of the molecule is CC(C)(N)CNS(=O)(=O)Cc1cccc(F)c1.Cl. The second kappa shape index (κ2) is 6.47. The summed E-state index contributed by atoms with van der Waals surface area (Å²) in [4.78, 5) is 0. The molecule has 0 aromatic heterocycles. The van der Waals surface area contributed by atoms with Gasteiger partial charge in [-0.25, -0.2) is 17.5 Å². The van der Waals surface area contributed by atoms with Crippen molar-refractivity contribution in [3.8, 4) is 0 Å². The van der Waals surface area contributed by atoms with Crippen LogP contribution in [0, 0.1) is 5.82 Å². The molecule has 0 amide bonds. The quantitative estimate of drug-likeness (QED) is 0.863. The van der Waals surface area contributed by atoms with Gasteiger partial charge in [0, 0.05) is 12.1 Å². The van der Waals surface area contributed by atoms with E-state index >= 15 is 0 Å². The molecule has 0 aliphatic rings. The number of hydrogen-bond acceptors (Lipinski definition) is 3. The van der Waals surface area contributed by atoms with Crippen molar-refractivity contribution in [2.45, 2.75) is 25.1 Å². The van der Waals surface area contributed by atoms with Crippen molar-refractivity contribution in [2.24, 2.45) is 5.73 Å². The largest absolute Gasteiger partial charge is 0.324 e. The zero-order chi connectivity index (χ0) is 13.1.